The molecule has 0 aliphatic rings. The lowest BCUT2D eigenvalue weighted by molar-refractivity contribution is -0.143. The average Bonchev–Trinajstić information content (AvgIpc) is 2.27. The Balaban J connectivity index is 3.32. The monoisotopic (exact) mass is 279 g/mol. The summed E-state index contributed by atoms with van der Waals surface area (Å²) < 4.78 is 35.8. The van der Waals surface area contributed by atoms with Crippen LogP contribution < -0.4 is 0 Å². The summed E-state index contributed by atoms with van der Waals surface area (Å²) in [4.78, 5) is 11.2. The maximum atomic E-state index is 11.2. The molecule has 0 aromatic heterocycles. The van der Waals surface area contributed by atoms with Crippen molar-refractivity contribution >= 4 is 16.1 Å². The van der Waals surface area contributed by atoms with Gasteiger partial charge in [0.05, 0.1) is 16.7 Å². The van der Waals surface area contributed by atoms with Crippen LogP contribution in [0.3, 0.4) is 0 Å². The summed E-state index contributed by atoms with van der Waals surface area (Å²) in [5.41, 5.74) is 0. The van der Waals surface area contributed by atoms with Crippen molar-refractivity contribution in [3.8, 4) is 0 Å². The van der Waals surface area contributed by atoms with Crippen LogP contribution in [0.1, 0.15) is 58.3 Å². The second-order valence-corrected chi connectivity index (χ2v) is 5.88. The highest BCUT2D eigenvalue weighted by atomic mass is 32.2. The summed E-state index contributed by atoms with van der Waals surface area (Å²) in [6, 6.07) is 0. The van der Waals surface area contributed by atoms with Crippen molar-refractivity contribution in [3.63, 3.8) is 0 Å². The molecule has 0 atom stereocenters. The van der Waals surface area contributed by atoms with Crippen LogP contribution in [0, 0.1) is 0 Å². The van der Waals surface area contributed by atoms with Gasteiger partial charge in [-0.2, -0.15) is 0 Å². The first-order valence-electron chi connectivity index (χ1n) is 6.55. The van der Waals surface area contributed by atoms with Gasteiger partial charge in [0.15, 0.2) is 0 Å². The standard InChI is InChI=1S/C12H24O5S/c1-2-3-4-5-6-9-12(13)17-10-7-8-11-18(14,15)16/h2-11H2,1H3,(H,14,15,16)/p-1. The van der Waals surface area contributed by atoms with Crippen LogP contribution in [-0.4, -0.2) is 31.3 Å². The number of unbranched alkanes of at least 4 members (excludes halogenated alkanes) is 5. The molecular weight excluding hydrogens is 256 g/mol. The van der Waals surface area contributed by atoms with Crippen LogP contribution in [0.4, 0.5) is 0 Å². The fourth-order valence-corrected chi connectivity index (χ4v) is 2.07. The molecule has 6 heteroatoms. The Hall–Kier alpha value is -0.620. The number of carbonyl (C=O) groups is 1. The fourth-order valence-electron chi connectivity index (χ4n) is 1.51. The van der Waals surface area contributed by atoms with E-state index in [0.717, 1.165) is 19.3 Å². The van der Waals surface area contributed by atoms with E-state index in [9.17, 15) is 17.8 Å². The molecule has 108 valence electrons. The predicted octanol–water partition coefficient (Wildman–Crippen LogP) is 2.22. The van der Waals surface area contributed by atoms with Gasteiger partial charge in [-0.1, -0.05) is 32.6 Å². The Labute approximate surface area is 110 Å². The number of esters is 1. The van der Waals surface area contributed by atoms with Crippen molar-refractivity contribution in [2.75, 3.05) is 12.4 Å². The van der Waals surface area contributed by atoms with Gasteiger partial charge in [0.1, 0.15) is 0 Å². The van der Waals surface area contributed by atoms with E-state index in [-0.39, 0.29) is 24.7 Å². The third kappa shape index (κ3) is 13.4. The molecule has 0 aromatic carbocycles. The first-order chi connectivity index (χ1) is 8.45. The minimum Gasteiger partial charge on any atom is -0.748 e. The van der Waals surface area contributed by atoms with Gasteiger partial charge in [0, 0.05) is 12.2 Å². The van der Waals surface area contributed by atoms with E-state index in [1.54, 1.807) is 0 Å². The highest BCUT2D eigenvalue weighted by Gasteiger charge is 2.02. The van der Waals surface area contributed by atoms with Gasteiger partial charge < -0.3 is 9.29 Å². The zero-order chi connectivity index (χ0) is 13.9. The lowest BCUT2D eigenvalue weighted by Gasteiger charge is -2.07. The van der Waals surface area contributed by atoms with Gasteiger partial charge in [-0.3, -0.25) is 4.79 Å². The molecule has 0 spiro atoms. The molecule has 0 bridgehead atoms. The van der Waals surface area contributed by atoms with Crippen molar-refractivity contribution in [2.45, 2.75) is 58.3 Å². The molecule has 0 radical (unpaired) electrons. The Kier molecular flexibility index (Phi) is 9.96. The third-order valence-electron chi connectivity index (χ3n) is 2.54. The van der Waals surface area contributed by atoms with Crippen molar-refractivity contribution in [1.82, 2.24) is 0 Å². The molecule has 0 aliphatic carbocycles. The Morgan fingerprint density at radius 1 is 1.06 bits per heavy atom. The fraction of sp³-hybridized carbons (Fsp3) is 0.917. The molecule has 0 fully saturated rings. The molecule has 18 heavy (non-hydrogen) atoms. The van der Waals surface area contributed by atoms with E-state index in [1.165, 1.54) is 12.8 Å². The minimum atomic E-state index is -4.14. The normalized spacial score (nSPS) is 11.4. The summed E-state index contributed by atoms with van der Waals surface area (Å²) >= 11 is 0. The van der Waals surface area contributed by atoms with Gasteiger partial charge in [0.25, 0.3) is 0 Å². The molecule has 0 amide bonds. The largest absolute Gasteiger partial charge is 0.748 e. The van der Waals surface area contributed by atoms with E-state index in [1.807, 2.05) is 0 Å². The number of ether oxygens (including phenoxy) is 1. The van der Waals surface area contributed by atoms with E-state index < -0.39 is 10.1 Å². The van der Waals surface area contributed by atoms with E-state index in [0.29, 0.717) is 12.8 Å². The van der Waals surface area contributed by atoms with Crippen molar-refractivity contribution in [2.24, 2.45) is 0 Å². The zero-order valence-corrected chi connectivity index (χ0v) is 11.8. The minimum absolute atomic E-state index is 0.198. The molecule has 0 unspecified atom stereocenters. The Morgan fingerprint density at radius 3 is 2.33 bits per heavy atom. The Bertz CT molecular complexity index is 310. The smallest absolute Gasteiger partial charge is 0.305 e. The average molecular weight is 279 g/mol. The molecule has 0 heterocycles. The van der Waals surface area contributed by atoms with E-state index in [2.05, 4.69) is 6.92 Å². The van der Waals surface area contributed by atoms with Crippen molar-refractivity contribution in [3.05, 3.63) is 0 Å². The third-order valence-corrected chi connectivity index (χ3v) is 3.32. The van der Waals surface area contributed by atoms with E-state index in [4.69, 9.17) is 4.74 Å². The van der Waals surface area contributed by atoms with Crippen LogP contribution in [0.2, 0.25) is 0 Å². The first-order valence-corrected chi connectivity index (χ1v) is 8.12. The second kappa shape index (κ2) is 10.3. The number of rotatable bonds is 11. The molecule has 5 nitrogen and oxygen atoms in total. The van der Waals surface area contributed by atoms with E-state index >= 15 is 0 Å². The molecular formula is C12H23O5S-. The number of hydrogen-bond donors (Lipinski definition) is 0. The van der Waals surface area contributed by atoms with Gasteiger partial charge >= 0.3 is 5.97 Å². The number of hydrogen-bond acceptors (Lipinski definition) is 5. The van der Waals surface area contributed by atoms with Crippen LogP contribution in [-0.2, 0) is 19.6 Å². The van der Waals surface area contributed by atoms with Gasteiger partial charge in [0.2, 0.25) is 0 Å². The SMILES string of the molecule is CCCCCCCC(=O)OCCCCS(=O)(=O)[O-]. The molecule has 0 aromatic rings. The first kappa shape index (κ1) is 17.4. The topological polar surface area (TPSA) is 83.5 Å². The second-order valence-electron chi connectivity index (χ2n) is 4.35. The van der Waals surface area contributed by atoms with Crippen molar-refractivity contribution in [1.29, 1.82) is 0 Å². The highest BCUT2D eigenvalue weighted by molar-refractivity contribution is 7.85. The molecule has 0 N–H and O–H groups in total. The maximum absolute atomic E-state index is 11.2. The zero-order valence-electron chi connectivity index (χ0n) is 11.0. The van der Waals surface area contributed by atoms with Crippen LogP contribution in [0.15, 0.2) is 0 Å². The predicted molar refractivity (Wildman–Crippen MR) is 68.1 cm³/mol. The van der Waals surface area contributed by atoms with Gasteiger partial charge in [-0.25, -0.2) is 8.42 Å². The molecule has 0 rings (SSSR count). The lowest BCUT2D eigenvalue weighted by atomic mass is 10.1. The summed E-state index contributed by atoms with van der Waals surface area (Å²) in [5.74, 6) is -0.627. The molecule has 0 saturated heterocycles. The summed E-state index contributed by atoms with van der Waals surface area (Å²) in [7, 11) is -4.14. The summed E-state index contributed by atoms with van der Waals surface area (Å²) in [6.07, 6.45) is 6.48. The summed E-state index contributed by atoms with van der Waals surface area (Å²) in [6.45, 7) is 2.33. The maximum Gasteiger partial charge on any atom is 0.305 e. The number of carbonyl (C=O) groups excluding carboxylic acids is 1. The quantitative estimate of drug-likeness (QED) is 0.329. The van der Waals surface area contributed by atoms with Gasteiger partial charge in [-0.15, -0.1) is 0 Å². The highest BCUT2D eigenvalue weighted by Crippen LogP contribution is 2.06. The molecule has 0 aliphatic heterocycles. The lowest BCUT2D eigenvalue weighted by Crippen LogP contribution is -2.08. The molecule has 0 saturated carbocycles. The van der Waals surface area contributed by atoms with Gasteiger partial charge in [-0.05, 0) is 19.3 Å². The summed E-state index contributed by atoms with van der Waals surface area (Å²) in [5, 5.41) is 0. The van der Waals surface area contributed by atoms with Crippen LogP contribution in [0.25, 0.3) is 0 Å². The Morgan fingerprint density at radius 2 is 1.72 bits per heavy atom. The van der Waals surface area contributed by atoms with Crippen LogP contribution >= 0.6 is 0 Å². The van der Waals surface area contributed by atoms with Crippen molar-refractivity contribution < 1.29 is 22.5 Å². The van der Waals surface area contributed by atoms with Crippen LogP contribution in [0.5, 0.6) is 0 Å².